The lowest BCUT2D eigenvalue weighted by atomic mass is 10.1. The summed E-state index contributed by atoms with van der Waals surface area (Å²) in [4.78, 5) is 29.1. The van der Waals surface area contributed by atoms with E-state index in [0.29, 0.717) is 42.2 Å². The maximum Gasteiger partial charge on any atom is 0.258 e. The van der Waals surface area contributed by atoms with E-state index in [-0.39, 0.29) is 17.6 Å². The molecule has 9 heteroatoms. The van der Waals surface area contributed by atoms with Crippen molar-refractivity contribution in [3.8, 4) is 16.8 Å². The van der Waals surface area contributed by atoms with Gasteiger partial charge in [0.15, 0.2) is 0 Å². The molecule has 0 spiro atoms. The summed E-state index contributed by atoms with van der Waals surface area (Å²) < 4.78 is 15.1. The number of rotatable bonds is 8. The number of anilines is 1. The fraction of sp³-hybridized carbons (Fsp3) is 0.167. The van der Waals surface area contributed by atoms with Crippen LogP contribution >= 0.6 is 0 Å². The second-order valence-corrected chi connectivity index (χ2v) is 7.45. The van der Waals surface area contributed by atoms with Crippen molar-refractivity contribution in [3.05, 3.63) is 84.2 Å². The van der Waals surface area contributed by atoms with Gasteiger partial charge in [0.2, 0.25) is 11.9 Å². The molecule has 33 heavy (non-hydrogen) atoms. The summed E-state index contributed by atoms with van der Waals surface area (Å²) in [7, 11) is 1.60. The molecular formula is C24H23FN6O2. The molecule has 0 bridgehead atoms. The van der Waals surface area contributed by atoms with Crippen molar-refractivity contribution in [2.75, 3.05) is 12.4 Å². The van der Waals surface area contributed by atoms with Crippen molar-refractivity contribution in [1.82, 2.24) is 25.1 Å². The van der Waals surface area contributed by atoms with Crippen LogP contribution in [-0.4, -0.2) is 38.6 Å². The van der Waals surface area contributed by atoms with Gasteiger partial charge in [-0.05, 0) is 54.8 Å². The average molecular weight is 446 g/mol. The van der Waals surface area contributed by atoms with Crippen LogP contribution in [0.25, 0.3) is 16.8 Å². The van der Waals surface area contributed by atoms with Gasteiger partial charge in [-0.25, -0.2) is 9.37 Å². The molecule has 4 aromatic rings. The fourth-order valence-corrected chi connectivity index (χ4v) is 3.41. The summed E-state index contributed by atoms with van der Waals surface area (Å²) in [5, 5.41) is 12.2. The highest BCUT2D eigenvalue weighted by Crippen LogP contribution is 2.22. The molecule has 8 nitrogen and oxygen atoms in total. The van der Waals surface area contributed by atoms with E-state index in [1.54, 1.807) is 60.5 Å². The number of nitrogens with one attached hydrogen (secondary N) is 3. The number of carbonyl (C=O) groups excluding carboxylic acids is 2. The standard InChI is InChI=1S/C24H23FN6O2/c1-26-22(32)7-3-6-20-15-31(21-10-8-19(25)9-11-21)24(29-20)30-23(33)17-5-2-4-16(12-17)18-13-27-28-14-18/h2,4-5,8-15H,3,6-7H2,1H3,(H,26,32)(H,27,28)(H,29,30,33). The summed E-state index contributed by atoms with van der Waals surface area (Å²) >= 11 is 0. The molecular weight excluding hydrogens is 423 g/mol. The van der Waals surface area contributed by atoms with Crippen molar-refractivity contribution in [2.24, 2.45) is 0 Å². The Labute approximate surface area is 189 Å². The summed E-state index contributed by atoms with van der Waals surface area (Å²) in [5.74, 6) is -0.410. The number of aromatic nitrogens is 4. The van der Waals surface area contributed by atoms with E-state index in [9.17, 15) is 14.0 Å². The molecule has 0 saturated carbocycles. The highest BCUT2D eigenvalue weighted by Gasteiger charge is 2.15. The van der Waals surface area contributed by atoms with Crippen LogP contribution in [-0.2, 0) is 11.2 Å². The molecule has 168 valence electrons. The molecule has 4 rings (SSSR count). The number of halogens is 1. The van der Waals surface area contributed by atoms with Crippen molar-refractivity contribution < 1.29 is 14.0 Å². The number of amides is 2. The van der Waals surface area contributed by atoms with Crippen molar-refractivity contribution in [2.45, 2.75) is 19.3 Å². The van der Waals surface area contributed by atoms with E-state index in [4.69, 9.17) is 0 Å². The summed E-state index contributed by atoms with van der Waals surface area (Å²) in [6.07, 6.45) is 6.77. The maximum absolute atomic E-state index is 13.4. The highest BCUT2D eigenvalue weighted by atomic mass is 19.1. The first kappa shape index (κ1) is 21.9. The van der Waals surface area contributed by atoms with Gasteiger partial charge in [0.25, 0.3) is 5.91 Å². The van der Waals surface area contributed by atoms with Gasteiger partial charge in [0, 0.05) is 42.7 Å². The monoisotopic (exact) mass is 446 g/mol. The molecule has 0 saturated heterocycles. The molecule has 0 atom stereocenters. The Morgan fingerprint density at radius 3 is 2.67 bits per heavy atom. The number of hydrogen-bond acceptors (Lipinski definition) is 4. The Morgan fingerprint density at radius 2 is 1.94 bits per heavy atom. The molecule has 2 amide bonds. The first-order valence-electron chi connectivity index (χ1n) is 10.5. The van der Waals surface area contributed by atoms with Gasteiger partial charge in [-0.1, -0.05) is 12.1 Å². The number of aryl methyl sites for hydroxylation is 1. The Hall–Kier alpha value is -4.27. The van der Waals surface area contributed by atoms with Gasteiger partial charge < -0.3 is 5.32 Å². The number of benzene rings is 2. The van der Waals surface area contributed by atoms with E-state index in [2.05, 4.69) is 25.8 Å². The van der Waals surface area contributed by atoms with Crippen molar-refractivity contribution in [1.29, 1.82) is 0 Å². The molecule has 0 radical (unpaired) electrons. The fourth-order valence-electron chi connectivity index (χ4n) is 3.41. The minimum Gasteiger partial charge on any atom is -0.359 e. The molecule has 0 fully saturated rings. The predicted molar refractivity (Wildman–Crippen MR) is 123 cm³/mol. The van der Waals surface area contributed by atoms with Gasteiger partial charge in [0.05, 0.1) is 11.9 Å². The van der Waals surface area contributed by atoms with Crippen LogP contribution in [0.1, 0.15) is 28.9 Å². The maximum atomic E-state index is 13.4. The first-order chi connectivity index (χ1) is 16.0. The first-order valence-corrected chi connectivity index (χ1v) is 10.5. The topological polar surface area (TPSA) is 105 Å². The van der Waals surface area contributed by atoms with Gasteiger partial charge in [-0.3, -0.25) is 24.6 Å². The molecule has 2 aromatic carbocycles. The van der Waals surface area contributed by atoms with Crippen LogP contribution in [0.15, 0.2) is 67.1 Å². The molecule has 0 aliphatic heterocycles. The number of H-pyrrole nitrogens is 1. The van der Waals surface area contributed by atoms with Crippen LogP contribution in [0.2, 0.25) is 0 Å². The lowest BCUT2D eigenvalue weighted by Crippen LogP contribution is -2.17. The van der Waals surface area contributed by atoms with Crippen LogP contribution in [0, 0.1) is 5.82 Å². The molecule has 2 aromatic heterocycles. The van der Waals surface area contributed by atoms with E-state index in [1.165, 1.54) is 12.1 Å². The van der Waals surface area contributed by atoms with Crippen LogP contribution in [0.5, 0.6) is 0 Å². The van der Waals surface area contributed by atoms with Gasteiger partial charge >= 0.3 is 0 Å². The summed E-state index contributed by atoms with van der Waals surface area (Å²) in [5.41, 5.74) is 3.56. The lowest BCUT2D eigenvalue weighted by Gasteiger charge is -2.09. The summed E-state index contributed by atoms with van der Waals surface area (Å²) in [6, 6.07) is 13.1. The zero-order valence-electron chi connectivity index (χ0n) is 18.0. The minimum atomic E-state index is -0.355. The van der Waals surface area contributed by atoms with Gasteiger partial charge in [0.1, 0.15) is 5.82 Å². The largest absolute Gasteiger partial charge is 0.359 e. The number of nitrogens with zero attached hydrogens (tertiary/aromatic N) is 3. The molecule has 3 N–H and O–H groups in total. The number of imidazole rings is 1. The molecule has 0 unspecified atom stereocenters. The molecule has 0 aliphatic rings. The van der Waals surface area contributed by atoms with E-state index < -0.39 is 0 Å². The van der Waals surface area contributed by atoms with Gasteiger partial charge in [-0.2, -0.15) is 5.10 Å². The Kier molecular flexibility index (Phi) is 6.58. The zero-order valence-corrected chi connectivity index (χ0v) is 18.0. The third kappa shape index (κ3) is 5.32. The predicted octanol–water partition coefficient (Wildman–Crippen LogP) is 3.72. The Morgan fingerprint density at radius 1 is 1.12 bits per heavy atom. The van der Waals surface area contributed by atoms with E-state index in [1.807, 2.05) is 6.07 Å². The third-order valence-corrected chi connectivity index (χ3v) is 5.16. The lowest BCUT2D eigenvalue weighted by molar-refractivity contribution is -0.120. The smallest absolute Gasteiger partial charge is 0.258 e. The average Bonchev–Trinajstić information content (AvgIpc) is 3.50. The zero-order chi connectivity index (χ0) is 23.2. The second kappa shape index (κ2) is 9.90. The number of aromatic amines is 1. The van der Waals surface area contributed by atoms with Crippen LogP contribution < -0.4 is 10.6 Å². The molecule has 0 aliphatic carbocycles. The van der Waals surface area contributed by atoms with Gasteiger partial charge in [-0.15, -0.1) is 0 Å². The third-order valence-electron chi connectivity index (χ3n) is 5.16. The Balaban J connectivity index is 1.58. The van der Waals surface area contributed by atoms with Crippen molar-refractivity contribution in [3.63, 3.8) is 0 Å². The van der Waals surface area contributed by atoms with Crippen LogP contribution in [0.3, 0.4) is 0 Å². The van der Waals surface area contributed by atoms with E-state index >= 15 is 0 Å². The second-order valence-electron chi connectivity index (χ2n) is 7.45. The Bertz CT molecular complexity index is 1250. The molecule has 2 heterocycles. The SMILES string of the molecule is CNC(=O)CCCc1cn(-c2ccc(F)cc2)c(NC(=O)c2cccc(-c3cn[nH]c3)c2)n1. The van der Waals surface area contributed by atoms with E-state index in [0.717, 1.165) is 11.1 Å². The van der Waals surface area contributed by atoms with Crippen molar-refractivity contribution >= 4 is 17.8 Å². The highest BCUT2D eigenvalue weighted by molar-refractivity contribution is 6.04. The normalized spacial score (nSPS) is 10.7. The number of carbonyl (C=O) groups is 2. The summed E-state index contributed by atoms with van der Waals surface area (Å²) in [6.45, 7) is 0. The number of hydrogen-bond donors (Lipinski definition) is 3. The van der Waals surface area contributed by atoms with Crippen LogP contribution in [0.4, 0.5) is 10.3 Å². The quantitative estimate of drug-likeness (QED) is 0.384. The minimum absolute atomic E-state index is 0.0426.